The zero-order valence-corrected chi connectivity index (χ0v) is 13.3. The number of carbonyl (C=O) groups is 2. The van der Waals surface area contributed by atoms with Gasteiger partial charge in [-0.3, -0.25) is 9.59 Å². The molecule has 0 atom stereocenters. The van der Waals surface area contributed by atoms with Crippen LogP contribution in [0.1, 0.15) is 22.3 Å². The molecule has 0 unspecified atom stereocenters. The van der Waals surface area contributed by atoms with Crippen LogP contribution in [0.25, 0.3) is 0 Å². The number of hydrogen-bond donors (Lipinski definition) is 2. The number of rotatable bonds is 2. The van der Waals surface area contributed by atoms with Crippen molar-refractivity contribution in [3.05, 3.63) is 58.7 Å². The van der Waals surface area contributed by atoms with Gasteiger partial charge in [-0.05, 0) is 74.2 Å². The number of amides is 2. The molecular weight excluding hydrogens is 276 g/mol. The highest BCUT2D eigenvalue weighted by Gasteiger charge is 2.14. The molecule has 0 spiro atoms. The van der Waals surface area contributed by atoms with Gasteiger partial charge in [0.15, 0.2) is 0 Å². The van der Waals surface area contributed by atoms with Crippen molar-refractivity contribution in [3.63, 3.8) is 0 Å². The van der Waals surface area contributed by atoms with E-state index in [-0.39, 0.29) is 0 Å². The van der Waals surface area contributed by atoms with Crippen LogP contribution in [0.2, 0.25) is 0 Å². The van der Waals surface area contributed by atoms with E-state index in [0.717, 1.165) is 22.3 Å². The summed E-state index contributed by atoms with van der Waals surface area (Å²) in [5.74, 6) is -1.36. The zero-order chi connectivity index (χ0) is 16.3. The van der Waals surface area contributed by atoms with Gasteiger partial charge in [-0.15, -0.1) is 0 Å². The molecule has 4 nitrogen and oxygen atoms in total. The van der Waals surface area contributed by atoms with E-state index in [1.54, 1.807) is 6.07 Å². The first-order valence-electron chi connectivity index (χ1n) is 7.13. The number of aryl methyl sites for hydroxylation is 4. The van der Waals surface area contributed by atoms with Gasteiger partial charge >= 0.3 is 11.8 Å². The Morgan fingerprint density at radius 1 is 0.682 bits per heavy atom. The molecule has 0 saturated carbocycles. The van der Waals surface area contributed by atoms with Crippen molar-refractivity contribution in [2.75, 3.05) is 10.6 Å². The Bertz CT molecular complexity index is 716. The van der Waals surface area contributed by atoms with Crippen molar-refractivity contribution in [1.29, 1.82) is 0 Å². The summed E-state index contributed by atoms with van der Waals surface area (Å²) in [6.07, 6.45) is 0. The van der Waals surface area contributed by atoms with E-state index in [1.807, 2.05) is 58.0 Å². The second-order valence-corrected chi connectivity index (χ2v) is 5.58. The van der Waals surface area contributed by atoms with Gasteiger partial charge in [-0.25, -0.2) is 0 Å². The fraction of sp³-hybridized carbons (Fsp3) is 0.222. The average Bonchev–Trinajstić information content (AvgIpc) is 2.41. The van der Waals surface area contributed by atoms with E-state index in [0.29, 0.717) is 11.4 Å². The van der Waals surface area contributed by atoms with Crippen LogP contribution in [-0.2, 0) is 9.59 Å². The van der Waals surface area contributed by atoms with E-state index >= 15 is 0 Å². The van der Waals surface area contributed by atoms with Crippen LogP contribution in [0, 0.1) is 27.7 Å². The molecular formula is C18H20N2O2. The summed E-state index contributed by atoms with van der Waals surface area (Å²) in [5.41, 5.74) is 5.50. The summed E-state index contributed by atoms with van der Waals surface area (Å²) in [7, 11) is 0. The molecule has 0 heterocycles. The summed E-state index contributed by atoms with van der Waals surface area (Å²) in [6, 6.07) is 11.2. The van der Waals surface area contributed by atoms with Gasteiger partial charge in [0, 0.05) is 11.4 Å². The highest BCUT2D eigenvalue weighted by Crippen LogP contribution is 2.15. The average molecular weight is 296 g/mol. The highest BCUT2D eigenvalue weighted by molar-refractivity contribution is 6.43. The molecule has 0 aromatic heterocycles. The van der Waals surface area contributed by atoms with Gasteiger partial charge in [0.2, 0.25) is 0 Å². The maximum atomic E-state index is 12.0. The Morgan fingerprint density at radius 3 is 1.77 bits per heavy atom. The summed E-state index contributed by atoms with van der Waals surface area (Å²) in [4.78, 5) is 23.9. The lowest BCUT2D eigenvalue weighted by atomic mass is 10.1. The summed E-state index contributed by atoms with van der Waals surface area (Å²) in [6.45, 7) is 7.84. The monoisotopic (exact) mass is 296 g/mol. The lowest BCUT2D eigenvalue weighted by Gasteiger charge is -2.09. The maximum Gasteiger partial charge on any atom is 0.314 e. The molecule has 0 fully saturated rings. The van der Waals surface area contributed by atoms with Gasteiger partial charge in [0.25, 0.3) is 0 Å². The minimum Gasteiger partial charge on any atom is -0.318 e. The molecule has 2 rings (SSSR count). The van der Waals surface area contributed by atoms with E-state index in [2.05, 4.69) is 10.6 Å². The highest BCUT2D eigenvalue weighted by atomic mass is 16.2. The lowest BCUT2D eigenvalue weighted by molar-refractivity contribution is -0.132. The SMILES string of the molecule is Cc1cc(C)cc(NC(=O)C(=O)Nc2ccc(C)c(C)c2)c1. The minimum atomic E-state index is -0.678. The number of nitrogens with one attached hydrogen (secondary N) is 2. The first-order valence-corrected chi connectivity index (χ1v) is 7.13. The minimum absolute atomic E-state index is 0.615. The van der Waals surface area contributed by atoms with Gasteiger partial charge in [0.05, 0.1) is 0 Å². The summed E-state index contributed by atoms with van der Waals surface area (Å²) < 4.78 is 0. The standard InChI is InChI=1S/C18H20N2O2/c1-11-7-12(2)9-16(8-11)20-18(22)17(21)19-15-6-5-13(3)14(4)10-15/h5-10H,1-4H3,(H,19,21)(H,20,22). The van der Waals surface area contributed by atoms with Crippen molar-refractivity contribution < 1.29 is 9.59 Å². The third-order valence-corrected chi connectivity index (χ3v) is 3.45. The van der Waals surface area contributed by atoms with Crippen molar-refractivity contribution in [2.24, 2.45) is 0 Å². The third-order valence-electron chi connectivity index (χ3n) is 3.45. The number of benzene rings is 2. The topological polar surface area (TPSA) is 58.2 Å². The third kappa shape index (κ3) is 3.95. The Labute approximate surface area is 130 Å². The molecule has 2 N–H and O–H groups in total. The predicted molar refractivity (Wildman–Crippen MR) is 89.1 cm³/mol. The van der Waals surface area contributed by atoms with Crippen molar-refractivity contribution in [2.45, 2.75) is 27.7 Å². The molecule has 0 aliphatic heterocycles. The second-order valence-electron chi connectivity index (χ2n) is 5.58. The Kier molecular flexibility index (Phi) is 4.61. The van der Waals surface area contributed by atoms with Crippen molar-refractivity contribution >= 4 is 23.2 Å². The van der Waals surface area contributed by atoms with Crippen LogP contribution >= 0.6 is 0 Å². The maximum absolute atomic E-state index is 12.0. The van der Waals surface area contributed by atoms with Gasteiger partial charge in [-0.1, -0.05) is 12.1 Å². The van der Waals surface area contributed by atoms with Crippen LogP contribution in [0.5, 0.6) is 0 Å². The van der Waals surface area contributed by atoms with E-state index in [1.165, 1.54) is 0 Å². The van der Waals surface area contributed by atoms with Gasteiger partial charge in [0.1, 0.15) is 0 Å². The van der Waals surface area contributed by atoms with Crippen LogP contribution in [0.3, 0.4) is 0 Å². The molecule has 22 heavy (non-hydrogen) atoms. The smallest absolute Gasteiger partial charge is 0.314 e. The van der Waals surface area contributed by atoms with Crippen LogP contribution in [-0.4, -0.2) is 11.8 Å². The quantitative estimate of drug-likeness (QED) is 0.833. The molecule has 0 radical (unpaired) electrons. The Morgan fingerprint density at radius 2 is 1.23 bits per heavy atom. The van der Waals surface area contributed by atoms with E-state index in [4.69, 9.17) is 0 Å². The van der Waals surface area contributed by atoms with E-state index in [9.17, 15) is 9.59 Å². The number of hydrogen-bond acceptors (Lipinski definition) is 2. The Balaban J connectivity index is 2.05. The van der Waals surface area contributed by atoms with Crippen molar-refractivity contribution in [3.8, 4) is 0 Å². The molecule has 0 aliphatic rings. The first kappa shape index (κ1) is 15.8. The predicted octanol–water partition coefficient (Wildman–Crippen LogP) is 3.50. The molecule has 2 amide bonds. The number of anilines is 2. The molecule has 0 bridgehead atoms. The molecule has 2 aromatic carbocycles. The number of carbonyl (C=O) groups excluding carboxylic acids is 2. The van der Waals surface area contributed by atoms with Gasteiger partial charge < -0.3 is 10.6 Å². The van der Waals surface area contributed by atoms with Crippen LogP contribution < -0.4 is 10.6 Å². The lowest BCUT2D eigenvalue weighted by Crippen LogP contribution is -2.29. The normalized spacial score (nSPS) is 10.2. The zero-order valence-electron chi connectivity index (χ0n) is 13.3. The summed E-state index contributed by atoms with van der Waals surface area (Å²) in [5, 5.41) is 5.23. The fourth-order valence-corrected chi connectivity index (χ4v) is 2.24. The molecule has 2 aromatic rings. The Hall–Kier alpha value is -2.62. The van der Waals surface area contributed by atoms with Crippen LogP contribution in [0.15, 0.2) is 36.4 Å². The second kappa shape index (κ2) is 6.43. The van der Waals surface area contributed by atoms with Gasteiger partial charge in [-0.2, -0.15) is 0 Å². The summed E-state index contributed by atoms with van der Waals surface area (Å²) >= 11 is 0. The van der Waals surface area contributed by atoms with Crippen LogP contribution in [0.4, 0.5) is 11.4 Å². The van der Waals surface area contributed by atoms with E-state index < -0.39 is 11.8 Å². The van der Waals surface area contributed by atoms with Crippen molar-refractivity contribution in [1.82, 2.24) is 0 Å². The molecule has 114 valence electrons. The fourth-order valence-electron chi connectivity index (χ4n) is 2.24. The molecule has 0 saturated heterocycles. The molecule has 0 aliphatic carbocycles. The first-order chi connectivity index (χ1) is 10.3. The largest absolute Gasteiger partial charge is 0.318 e. The molecule has 4 heteroatoms.